The SMILES string of the molecule is Cc1ccc(C(C)(C)C)cc1Nc1nc(N2CCCN(Cc3ccncc3)CC2)nc2ncn(C)c12. The first-order valence-corrected chi connectivity index (χ1v) is 12.7. The summed E-state index contributed by atoms with van der Waals surface area (Å²) >= 11 is 0. The molecule has 3 aromatic heterocycles. The zero-order chi connectivity index (χ0) is 25.3. The molecule has 36 heavy (non-hydrogen) atoms. The Bertz CT molecular complexity index is 1340. The maximum Gasteiger partial charge on any atom is 0.229 e. The van der Waals surface area contributed by atoms with Crippen molar-refractivity contribution in [1.29, 1.82) is 0 Å². The fourth-order valence-electron chi connectivity index (χ4n) is 4.70. The Labute approximate surface area is 213 Å². The van der Waals surface area contributed by atoms with Crippen molar-refractivity contribution in [1.82, 2.24) is 29.4 Å². The van der Waals surface area contributed by atoms with E-state index < -0.39 is 0 Å². The van der Waals surface area contributed by atoms with E-state index >= 15 is 0 Å². The van der Waals surface area contributed by atoms with Gasteiger partial charge in [0.2, 0.25) is 5.95 Å². The summed E-state index contributed by atoms with van der Waals surface area (Å²) in [6.07, 6.45) is 6.60. The van der Waals surface area contributed by atoms with Crippen LogP contribution in [-0.4, -0.2) is 55.6 Å². The molecule has 8 nitrogen and oxygen atoms in total. The maximum atomic E-state index is 5.05. The molecule has 1 fully saturated rings. The van der Waals surface area contributed by atoms with E-state index in [0.29, 0.717) is 5.65 Å². The Balaban J connectivity index is 1.42. The molecule has 0 bridgehead atoms. The number of anilines is 3. The summed E-state index contributed by atoms with van der Waals surface area (Å²) in [5, 5.41) is 3.64. The lowest BCUT2D eigenvalue weighted by Gasteiger charge is -2.23. The molecule has 0 spiro atoms. The number of aryl methyl sites for hydroxylation is 2. The van der Waals surface area contributed by atoms with Gasteiger partial charge < -0.3 is 14.8 Å². The Kier molecular flexibility index (Phi) is 6.62. The van der Waals surface area contributed by atoms with Crippen LogP contribution in [0.2, 0.25) is 0 Å². The number of pyridine rings is 1. The van der Waals surface area contributed by atoms with Gasteiger partial charge >= 0.3 is 0 Å². The van der Waals surface area contributed by atoms with Crippen LogP contribution in [0.4, 0.5) is 17.5 Å². The Morgan fingerprint density at radius 3 is 2.56 bits per heavy atom. The number of rotatable bonds is 5. The predicted octanol–water partition coefficient (Wildman–Crippen LogP) is 4.82. The van der Waals surface area contributed by atoms with Gasteiger partial charge in [-0.3, -0.25) is 9.88 Å². The lowest BCUT2D eigenvalue weighted by Crippen LogP contribution is -2.31. The van der Waals surface area contributed by atoms with Gasteiger partial charge in [-0.25, -0.2) is 4.98 Å². The average molecular weight is 485 g/mol. The smallest absolute Gasteiger partial charge is 0.229 e. The van der Waals surface area contributed by atoms with E-state index in [1.165, 1.54) is 16.7 Å². The van der Waals surface area contributed by atoms with Crippen molar-refractivity contribution in [2.24, 2.45) is 7.05 Å². The van der Waals surface area contributed by atoms with Gasteiger partial charge in [0, 0.05) is 57.9 Å². The molecule has 4 aromatic rings. The van der Waals surface area contributed by atoms with Crippen LogP contribution in [0.1, 0.15) is 43.9 Å². The van der Waals surface area contributed by atoms with E-state index in [2.05, 4.69) is 83.1 Å². The fourth-order valence-corrected chi connectivity index (χ4v) is 4.70. The third-order valence-electron chi connectivity index (χ3n) is 6.94. The average Bonchev–Trinajstić information content (AvgIpc) is 3.07. The second-order valence-electron chi connectivity index (χ2n) is 10.8. The number of aromatic nitrogens is 5. The third kappa shape index (κ3) is 5.18. The highest BCUT2D eigenvalue weighted by molar-refractivity contribution is 5.87. The Morgan fingerprint density at radius 2 is 1.78 bits per heavy atom. The lowest BCUT2D eigenvalue weighted by atomic mass is 9.86. The van der Waals surface area contributed by atoms with Gasteiger partial charge in [-0.2, -0.15) is 9.97 Å². The summed E-state index contributed by atoms with van der Waals surface area (Å²) < 4.78 is 1.99. The second kappa shape index (κ2) is 9.85. The van der Waals surface area contributed by atoms with Crippen molar-refractivity contribution in [2.75, 3.05) is 36.4 Å². The Morgan fingerprint density at radius 1 is 0.972 bits per heavy atom. The van der Waals surface area contributed by atoms with E-state index in [0.717, 1.165) is 62.1 Å². The first-order chi connectivity index (χ1) is 17.3. The molecule has 0 amide bonds. The number of nitrogens with one attached hydrogen (secondary N) is 1. The monoisotopic (exact) mass is 484 g/mol. The number of hydrogen-bond donors (Lipinski definition) is 1. The van der Waals surface area contributed by atoms with E-state index in [1.54, 1.807) is 0 Å². The summed E-state index contributed by atoms with van der Waals surface area (Å²) in [6, 6.07) is 10.8. The minimum Gasteiger partial charge on any atom is -0.339 e. The molecule has 8 heteroatoms. The summed E-state index contributed by atoms with van der Waals surface area (Å²) in [5.74, 6) is 1.53. The van der Waals surface area contributed by atoms with Gasteiger partial charge in [-0.15, -0.1) is 0 Å². The zero-order valence-electron chi connectivity index (χ0n) is 22.0. The van der Waals surface area contributed by atoms with Gasteiger partial charge in [0.15, 0.2) is 11.5 Å². The van der Waals surface area contributed by atoms with Crippen molar-refractivity contribution in [2.45, 2.75) is 46.1 Å². The molecule has 1 aliphatic rings. The topological polar surface area (TPSA) is 75.0 Å². The quantitative estimate of drug-likeness (QED) is 0.435. The highest BCUT2D eigenvalue weighted by Gasteiger charge is 2.21. The van der Waals surface area contributed by atoms with Gasteiger partial charge in [-0.05, 0) is 53.6 Å². The van der Waals surface area contributed by atoms with Crippen molar-refractivity contribution in [3.05, 3.63) is 65.7 Å². The Hall–Kier alpha value is -3.52. The van der Waals surface area contributed by atoms with Crippen LogP contribution in [0.25, 0.3) is 11.2 Å². The molecule has 1 N–H and O–H groups in total. The molecule has 1 saturated heterocycles. The highest BCUT2D eigenvalue weighted by Crippen LogP contribution is 2.31. The molecule has 188 valence electrons. The van der Waals surface area contributed by atoms with Crippen molar-refractivity contribution in [3.63, 3.8) is 0 Å². The summed E-state index contributed by atoms with van der Waals surface area (Å²) in [5.41, 5.74) is 6.52. The van der Waals surface area contributed by atoms with E-state index in [-0.39, 0.29) is 5.41 Å². The maximum absolute atomic E-state index is 5.05. The van der Waals surface area contributed by atoms with E-state index in [9.17, 15) is 0 Å². The molecule has 0 radical (unpaired) electrons. The zero-order valence-corrected chi connectivity index (χ0v) is 22.0. The number of nitrogens with zero attached hydrogens (tertiary/aromatic N) is 7. The van der Waals surface area contributed by atoms with Crippen LogP contribution in [0.3, 0.4) is 0 Å². The predicted molar refractivity (Wildman–Crippen MR) is 146 cm³/mol. The van der Waals surface area contributed by atoms with Crippen molar-refractivity contribution in [3.8, 4) is 0 Å². The molecule has 0 saturated carbocycles. The fraction of sp³-hybridized carbons (Fsp3) is 0.429. The lowest BCUT2D eigenvalue weighted by molar-refractivity contribution is 0.285. The minimum absolute atomic E-state index is 0.0665. The molecular formula is C28H36N8. The van der Waals surface area contributed by atoms with Crippen LogP contribution in [0, 0.1) is 6.92 Å². The molecule has 0 atom stereocenters. The van der Waals surface area contributed by atoms with E-state index in [4.69, 9.17) is 9.97 Å². The van der Waals surface area contributed by atoms with Crippen molar-refractivity contribution < 1.29 is 0 Å². The number of hydrogen-bond acceptors (Lipinski definition) is 7. The third-order valence-corrected chi connectivity index (χ3v) is 6.94. The van der Waals surface area contributed by atoms with Crippen LogP contribution in [0.5, 0.6) is 0 Å². The normalized spacial score (nSPS) is 15.3. The van der Waals surface area contributed by atoms with Crippen LogP contribution in [0.15, 0.2) is 49.1 Å². The molecule has 0 unspecified atom stereocenters. The molecular weight excluding hydrogens is 448 g/mol. The molecule has 5 rings (SSSR count). The van der Waals surface area contributed by atoms with Crippen LogP contribution >= 0.6 is 0 Å². The molecule has 4 heterocycles. The van der Waals surface area contributed by atoms with Crippen LogP contribution < -0.4 is 10.2 Å². The molecule has 1 aliphatic heterocycles. The number of fused-ring (bicyclic) bond motifs is 1. The number of imidazole rings is 1. The van der Waals surface area contributed by atoms with Gasteiger partial charge in [-0.1, -0.05) is 32.9 Å². The summed E-state index contributed by atoms with van der Waals surface area (Å²) in [6.45, 7) is 13.6. The molecule has 1 aromatic carbocycles. The summed E-state index contributed by atoms with van der Waals surface area (Å²) in [4.78, 5) is 23.4. The highest BCUT2D eigenvalue weighted by atomic mass is 15.3. The van der Waals surface area contributed by atoms with Gasteiger partial charge in [0.25, 0.3) is 0 Å². The number of benzene rings is 1. The second-order valence-corrected chi connectivity index (χ2v) is 10.8. The van der Waals surface area contributed by atoms with Gasteiger partial charge in [0.1, 0.15) is 5.52 Å². The summed E-state index contributed by atoms with van der Waals surface area (Å²) in [7, 11) is 1.99. The first kappa shape index (κ1) is 24.2. The van der Waals surface area contributed by atoms with Crippen LogP contribution in [-0.2, 0) is 19.0 Å². The molecule has 0 aliphatic carbocycles. The van der Waals surface area contributed by atoms with Crippen molar-refractivity contribution >= 4 is 28.6 Å². The largest absolute Gasteiger partial charge is 0.339 e. The standard InChI is InChI=1S/C28H36N8/c1-20-7-8-22(28(2,3)4)17-23(20)31-26-24-25(30-19-34(24)5)32-27(33-26)36-14-6-13-35(15-16-36)18-21-9-11-29-12-10-21/h7-12,17,19H,6,13-16,18H2,1-5H3,(H,31,32,33). The first-order valence-electron chi connectivity index (χ1n) is 12.7. The van der Waals surface area contributed by atoms with Gasteiger partial charge in [0.05, 0.1) is 6.33 Å². The van der Waals surface area contributed by atoms with E-state index in [1.807, 2.05) is 30.3 Å². The minimum atomic E-state index is 0.0665.